The van der Waals surface area contributed by atoms with E-state index in [1.54, 1.807) is 0 Å². The second kappa shape index (κ2) is 5.54. The maximum atomic E-state index is 12.7. The molecule has 0 saturated carbocycles. The summed E-state index contributed by atoms with van der Waals surface area (Å²) < 4.78 is 25.3. The molecular formula is C10H14F2N2. The normalized spacial score (nSPS) is 10.2. The van der Waals surface area contributed by atoms with Crippen LogP contribution in [0.1, 0.15) is 6.42 Å². The number of nitrogens with one attached hydrogen (secondary N) is 2. The van der Waals surface area contributed by atoms with E-state index in [0.717, 1.165) is 31.6 Å². The van der Waals surface area contributed by atoms with Crippen molar-refractivity contribution in [1.29, 1.82) is 0 Å². The molecule has 0 unspecified atom stereocenters. The first kappa shape index (κ1) is 10.9. The van der Waals surface area contributed by atoms with Crippen LogP contribution in [0.5, 0.6) is 0 Å². The first-order valence-corrected chi connectivity index (χ1v) is 4.57. The molecule has 4 heteroatoms. The van der Waals surface area contributed by atoms with Gasteiger partial charge in [0.1, 0.15) is 0 Å². The fourth-order valence-electron chi connectivity index (χ4n) is 1.10. The molecule has 0 aliphatic heterocycles. The Hall–Kier alpha value is -1.16. The van der Waals surface area contributed by atoms with Crippen molar-refractivity contribution in [3.05, 3.63) is 29.8 Å². The molecule has 0 saturated heterocycles. The number of rotatable bonds is 5. The summed E-state index contributed by atoms with van der Waals surface area (Å²) >= 11 is 0. The van der Waals surface area contributed by atoms with Gasteiger partial charge in [-0.3, -0.25) is 0 Å². The Kier molecular flexibility index (Phi) is 4.32. The molecule has 0 aromatic heterocycles. The third-order valence-electron chi connectivity index (χ3n) is 1.85. The Labute approximate surface area is 82.3 Å². The molecule has 1 aromatic rings. The lowest BCUT2D eigenvalue weighted by Crippen LogP contribution is -2.12. The highest BCUT2D eigenvalue weighted by atomic mass is 19.2. The lowest BCUT2D eigenvalue weighted by atomic mass is 10.3. The van der Waals surface area contributed by atoms with Crippen LogP contribution in [-0.4, -0.2) is 20.1 Å². The predicted molar refractivity (Wildman–Crippen MR) is 53.4 cm³/mol. The van der Waals surface area contributed by atoms with Gasteiger partial charge in [-0.25, -0.2) is 8.78 Å². The Bertz CT molecular complexity index is 289. The van der Waals surface area contributed by atoms with Gasteiger partial charge < -0.3 is 10.6 Å². The van der Waals surface area contributed by atoms with Gasteiger partial charge in [0.05, 0.1) is 0 Å². The van der Waals surface area contributed by atoms with Gasteiger partial charge in [-0.1, -0.05) is 0 Å². The van der Waals surface area contributed by atoms with E-state index in [9.17, 15) is 8.78 Å². The van der Waals surface area contributed by atoms with Gasteiger partial charge in [-0.15, -0.1) is 0 Å². The number of hydrogen-bond donors (Lipinski definition) is 2. The highest BCUT2D eigenvalue weighted by molar-refractivity contribution is 5.43. The predicted octanol–water partition coefficient (Wildman–Crippen LogP) is 1.99. The minimum Gasteiger partial charge on any atom is -0.385 e. The van der Waals surface area contributed by atoms with E-state index < -0.39 is 11.6 Å². The van der Waals surface area contributed by atoms with Crippen molar-refractivity contribution in [2.24, 2.45) is 0 Å². The number of halogens is 2. The average molecular weight is 200 g/mol. The maximum absolute atomic E-state index is 12.7. The maximum Gasteiger partial charge on any atom is 0.160 e. The highest BCUT2D eigenvalue weighted by Crippen LogP contribution is 2.12. The molecule has 1 rings (SSSR count). The summed E-state index contributed by atoms with van der Waals surface area (Å²) in [5, 5.41) is 6.00. The van der Waals surface area contributed by atoms with Gasteiger partial charge in [0.2, 0.25) is 0 Å². The smallest absolute Gasteiger partial charge is 0.160 e. The van der Waals surface area contributed by atoms with Crippen molar-refractivity contribution in [2.75, 3.05) is 25.5 Å². The van der Waals surface area contributed by atoms with Crippen LogP contribution in [-0.2, 0) is 0 Å². The fraction of sp³-hybridized carbons (Fsp3) is 0.400. The zero-order valence-electron chi connectivity index (χ0n) is 8.11. The molecular weight excluding hydrogens is 186 g/mol. The largest absolute Gasteiger partial charge is 0.385 e. The molecule has 78 valence electrons. The van der Waals surface area contributed by atoms with Crippen molar-refractivity contribution in [3.63, 3.8) is 0 Å². The molecule has 0 atom stereocenters. The van der Waals surface area contributed by atoms with Crippen LogP contribution in [0.2, 0.25) is 0 Å². The van der Waals surface area contributed by atoms with E-state index in [-0.39, 0.29) is 0 Å². The van der Waals surface area contributed by atoms with Gasteiger partial charge in [0.25, 0.3) is 0 Å². The Morgan fingerprint density at radius 1 is 1.14 bits per heavy atom. The van der Waals surface area contributed by atoms with Crippen LogP contribution >= 0.6 is 0 Å². The van der Waals surface area contributed by atoms with Crippen molar-refractivity contribution < 1.29 is 8.78 Å². The molecule has 14 heavy (non-hydrogen) atoms. The van der Waals surface area contributed by atoms with E-state index in [1.807, 2.05) is 7.05 Å². The Morgan fingerprint density at radius 2 is 1.93 bits per heavy atom. The summed E-state index contributed by atoms with van der Waals surface area (Å²) in [6.45, 7) is 1.64. The third-order valence-corrected chi connectivity index (χ3v) is 1.85. The van der Waals surface area contributed by atoms with Crippen LogP contribution < -0.4 is 10.6 Å². The molecule has 2 N–H and O–H groups in total. The minimum absolute atomic E-state index is 0.611. The number of anilines is 1. The van der Waals surface area contributed by atoms with Crippen LogP contribution in [0.3, 0.4) is 0 Å². The first-order valence-electron chi connectivity index (χ1n) is 4.57. The second-order valence-electron chi connectivity index (χ2n) is 3.01. The SMILES string of the molecule is CNCCCNc1ccc(F)c(F)c1. The van der Waals surface area contributed by atoms with Crippen molar-refractivity contribution in [3.8, 4) is 0 Å². The summed E-state index contributed by atoms with van der Waals surface area (Å²) in [7, 11) is 1.87. The van der Waals surface area contributed by atoms with Gasteiger partial charge in [0, 0.05) is 12.2 Å². The van der Waals surface area contributed by atoms with E-state index in [4.69, 9.17) is 0 Å². The lowest BCUT2D eigenvalue weighted by Gasteiger charge is -2.05. The average Bonchev–Trinajstić information content (AvgIpc) is 2.18. The lowest BCUT2D eigenvalue weighted by molar-refractivity contribution is 0.509. The summed E-state index contributed by atoms with van der Waals surface area (Å²) in [6.07, 6.45) is 0.940. The molecule has 0 aliphatic rings. The first-order chi connectivity index (χ1) is 6.74. The summed E-state index contributed by atoms with van der Waals surface area (Å²) in [5.74, 6) is -1.63. The van der Waals surface area contributed by atoms with E-state index in [1.165, 1.54) is 6.07 Å². The van der Waals surface area contributed by atoms with E-state index >= 15 is 0 Å². The number of hydrogen-bond acceptors (Lipinski definition) is 2. The molecule has 0 fully saturated rings. The summed E-state index contributed by atoms with van der Waals surface area (Å²) in [5.41, 5.74) is 0.611. The van der Waals surface area contributed by atoms with Gasteiger partial charge >= 0.3 is 0 Å². The van der Waals surface area contributed by atoms with Crippen LogP contribution in [0.25, 0.3) is 0 Å². The fourth-order valence-corrected chi connectivity index (χ4v) is 1.10. The monoisotopic (exact) mass is 200 g/mol. The second-order valence-corrected chi connectivity index (χ2v) is 3.01. The quantitative estimate of drug-likeness (QED) is 0.710. The van der Waals surface area contributed by atoms with Gasteiger partial charge in [-0.2, -0.15) is 0 Å². The molecule has 2 nitrogen and oxygen atoms in total. The number of benzene rings is 1. The molecule has 0 radical (unpaired) electrons. The molecule has 1 aromatic carbocycles. The van der Waals surface area contributed by atoms with E-state index in [0.29, 0.717) is 5.69 Å². The molecule has 0 bridgehead atoms. The standard InChI is InChI=1S/C10H14F2N2/c1-13-5-2-6-14-8-3-4-9(11)10(12)7-8/h3-4,7,13-14H,2,5-6H2,1H3. The van der Waals surface area contributed by atoms with Gasteiger partial charge in [-0.05, 0) is 38.2 Å². The molecule has 0 spiro atoms. The Morgan fingerprint density at radius 3 is 2.57 bits per heavy atom. The van der Waals surface area contributed by atoms with Crippen molar-refractivity contribution in [2.45, 2.75) is 6.42 Å². The van der Waals surface area contributed by atoms with E-state index in [2.05, 4.69) is 10.6 Å². The zero-order chi connectivity index (χ0) is 10.4. The highest BCUT2D eigenvalue weighted by Gasteiger charge is 2.01. The summed E-state index contributed by atoms with van der Waals surface area (Å²) in [4.78, 5) is 0. The van der Waals surface area contributed by atoms with Gasteiger partial charge in [0.15, 0.2) is 11.6 Å². The Balaban J connectivity index is 2.39. The summed E-state index contributed by atoms with van der Waals surface area (Å²) in [6, 6.07) is 3.81. The van der Waals surface area contributed by atoms with Crippen LogP contribution in [0.15, 0.2) is 18.2 Å². The van der Waals surface area contributed by atoms with Crippen LogP contribution in [0, 0.1) is 11.6 Å². The van der Waals surface area contributed by atoms with Crippen LogP contribution in [0.4, 0.5) is 14.5 Å². The molecule has 0 aliphatic carbocycles. The molecule has 0 amide bonds. The van der Waals surface area contributed by atoms with Crippen molar-refractivity contribution >= 4 is 5.69 Å². The minimum atomic E-state index is -0.816. The molecule has 0 heterocycles. The zero-order valence-corrected chi connectivity index (χ0v) is 8.11. The topological polar surface area (TPSA) is 24.1 Å². The van der Waals surface area contributed by atoms with Crippen molar-refractivity contribution in [1.82, 2.24) is 5.32 Å². The third kappa shape index (κ3) is 3.30.